The van der Waals surface area contributed by atoms with Crippen molar-refractivity contribution >= 4 is 31.9 Å². The van der Waals surface area contributed by atoms with E-state index in [-0.39, 0.29) is 0 Å². The fourth-order valence-electron chi connectivity index (χ4n) is 1.72. The summed E-state index contributed by atoms with van der Waals surface area (Å²) in [6.07, 6.45) is 0.730. The van der Waals surface area contributed by atoms with Crippen LogP contribution in [0.2, 0.25) is 0 Å². The van der Waals surface area contributed by atoms with Gasteiger partial charge >= 0.3 is 0 Å². The summed E-state index contributed by atoms with van der Waals surface area (Å²) in [6.45, 7) is 1.04. The van der Waals surface area contributed by atoms with E-state index in [1.807, 2.05) is 30.3 Å². The van der Waals surface area contributed by atoms with Gasteiger partial charge in [-0.25, -0.2) is 0 Å². The number of halogens is 2. The van der Waals surface area contributed by atoms with Gasteiger partial charge in [0.15, 0.2) is 0 Å². The van der Waals surface area contributed by atoms with E-state index in [2.05, 4.69) is 37.9 Å². The molecule has 21 heavy (non-hydrogen) atoms. The number of hydrogen-bond acceptors (Lipinski definition) is 3. The van der Waals surface area contributed by atoms with Crippen LogP contribution in [0.15, 0.2) is 51.4 Å². The number of rotatable bonds is 6. The van der Waals surface area contributed by atoms with Gasteiger partial charge in [-0.3, -0.25) is 0 Å². The van der Waals surface area contributed by atoms with Gasteiger partial charge in [-0.05, 0) is 56.1 Å². The Balaban J connectivity index is 1.79. The van der Waals surface area contributed by atoms with E-state index in [1.54, 1.807) is 12.1 Å². The number of nitrogens with zero attached hydrogens (tertiary/aromatic N) is 1. The highest BCUT2D eigenvalue weighted by Gasteiger charge is 2.06. The molecular weight excluding hydrogens is 398 g/mol. The van der Waals surface area contributed by atoms with Crippen molar-refractivity contribution in [3.8, 4) is 17.6 Å². The van der Waals surface area contributed by atoms with Crippen molar-refractivity contribution in [2.75, 3.05) is 13.2 Å². The van der Waals surface area contributed by atoms with Crippen LogP contribution in [0.5, 0.6) is 11.5 Å². The van der Waals surface area contributed by atoms with E-state index in [4.69, 9.17) is 14.7 Å². The van der Waals surface area contributed by atoms with Gasteiger partial charge in [-0.15, -0.1) is 0 Å². The van der Waals surface area contributed by atoms with Gasteiger partial charge in [-0.2, -0.15) is 5.26 Å². The van der Waals surface area contributed by atoms with Crippen LogP contribution in [0.3, 0.4) is 0 Å². The van der Waals surface area contributed by atoms with Crippen molar-refractivity contribution in [1.82, 2.24) is 0 Å². The fourth-order valence-corrected chi connectivity index (χ4v) is 2.95. The first-order valence-electron chi connectivity index (χ1n) is 6.41. The van der Waals surface area contributed by atoms with Crippen molar-refractivity contribution < 1.29 is 9.47 Å². The summed E-state index contributed by atoms with van der Waals surface area (Å²) >= 11 is 6.90. The first kappa shape index (κ1) is 15.9. The molecule has 0 saturated carbocycles. The standard InChI is InChI=1S/C16H13Br2NO2/c17-13-6-3-7-14(18)16(13)21-10-4-9-20-15-8-2-1-5-12(15)11-19/h1-3,5-8H,4,9-10H2. The van der Waals surface area contributed by atoms with E-state index < -0.39 is 0 Å². The van der Waals surface area contributed by atoms with E-state index in [0.717, 1.165) is 21.1 Å². The maximum absolute atomic E-state index is 8.97. The highest BCUT2D eigenvalue weighted by molar-refractivity contribution is 9.11. The van der Waals surface area contributed by atoms with Gasteiger partial charge in [-0.1, -0.05) is 18.2 Å². The van der Waals surface area contributed by atoms with Crippen LogP contribution in [0, 0.1) is 11.3 Å². The Morgan fingerprint density at radius 2 is 1.57 bits per heavy atom. The number of benzene rings is 2. The lowest BCUT2D eigenvalue weighted by molar-refractivity contribution is 0.245. The smallest absolute Gasteiger partial charge is 0.147 e. The van der Waals surface area contributed by atoms with Gasteiger partial charge < -0.3 is 9.47 Å². The minimum atomic E-state index is 0.501. The summed E-state index contributed by atoms with van der Waals surface area (Å²) in [6, 6.07) is 15.1. The van der Waals surface area contributed by atoms with Crippen molar-refractivity contribution in [3.05, 3.63) is 57.0 Å². The Morgan fingerprint density at radius 3 is 2.29 bits per heavy atom. The molecule has 0 saturated heterocycles. The molecule has 0 spiro atoms. The molecular formula is C16H13Br2NO2. The molecule has 0 bridgehead atoms. The van der Waals surface area contributed by atoms with Crippen LogP contribution in [0.25, 0.3) is 0 Å². The second kappa shape index (κ2) is 8.06. The largest absolute Gasteiger partial charge is 0.492 e. The summed E-state index contributed by atoms with van der Waals surface area (Å²) in [5, 5.41) is 8.97. The predicted molar refractivity (Wildman–Crippen MR) is 88.6 cm³/mol. The van der Waals surface area contributed by atoms with Gasteiger partial charge in [0, 0.05) is 6.42 Å². The molecule has 0 aromatic heterocycles. The Bertz CT molecular complexity index is 633. The molecule has 0 fully saturated rings. The molecule has 2 aromatic carbocycles. The third kappa shape index (κ3) is 4.48. The van der Waals surface area contributed by atoms with E-state index in [1.165, 1.54) is 0 Å². The highest BCUT2D eigenvalue weighted by atomic mass is 79.9. The summed E-state index contributed by atoms with van der Waals surface area (Å²) in [5.74, 6) is 1.40. The van der Waals surface area contributed by atoms with Crippen LogP contribution in [0.1, 0.15) is 12.0 Å². The molecule has 0 heterocycles. The molecule has 2 aromatic rings. The lowest BCUT2D eigenvalue weighted by Gasteiger charge is -2.11. The summed E-state index contributed by atoms with van der Waals surface area (Å²) < 4.78 is 13.1. The molecule has 0 radical (unpaired) electrons. The first-order valence-corrected chi connectivity index (χ1v) is 7.99. The van der Waals surface area contributed by atoms with Crippen molar-refractivity contribution in [3.63, 3.8) is 0 Å². The lowest BCUT2D eigenvalue weighted by atomic mass is 10.2. The predicted octanol–water partition coefficient (Wildman–Crippen LogP) is 4.93. The van der Waals surface area contributed by atoms with Crippen LogP contribution < -0.4 is 9.47 Å². The second-order valence-corrected chi connectivity index (χ2v) is 5.92. The number of hydrogen-bond donors (Lipinski definition) is 0. The quantitative estimate of drug-likeness (QED) is 0.634. The van der Waals surface area contributed by atoms with Crippen molar-refractivity contribution in [1.29, 1.82) is 5.26 Å². The summed E-state index contributed by atoms with van der Waals surface area (Å²) in [7, 11) is 0. The number of para-hydroxylation sites is 2. The van der Waals surface area contributed by atoms with Crippen LogP contribution in [0.4, 0.5) is 0 Å². The van der Waals surface area contributed by atoms with Crippen molar-refractivity contribution in [2.24, 2.45) is 0 Å². The van der Waals surface area contributed by atoms with Gasteiger partial charge in [0.25, 0.3) is 0 Å². The normalized spacial score (nSPS) is 9.95. The number of ether oxygens (including phenoxy) is 2. The molecule has 0 atom stereocenters. The third-order valence-corrected chi connectivity index (χ3v) is 3.97. The zero-order valence-electron chi connectivity index (χ0n) is 11.2. The molecule has 108 valence electrons. The zero-order chi connectivity index (χ0) is 15.1. The highest BCUT2D eigenvalue weighted by Crippen LogP contribution is 2.32. The molecule has 0 unspecified atom stereocenters. The third-order valence-electron chi connectivity index (χ3n) is 2.72. The molecule has 0 amide bonds. The molecule has 0 aliphatic heterocycles. The fraction of sp³-hybridized carbons (Fsp3) is 0.188. The Labute approximate surface area is 140 Å². The monoisotopic (exact) mass is 409 g/mol. The zero-order valence-corrected chi connectivity index (χ0v) is 14.4. The molecule has 3 nitrogen and oxygen atoms in total. The first-order chi connectivity index (χ1) is 10.2. The van der Waals surface area contributed by atoms with Crippen molar-refractivity contribution in [2.45, 2.75) is 6.42 Å². The minimum absolute atomic E-state index is 0.501. The summed E-state index contributed by atoms with van der Waals surface area (Å²) in [4.78, 5) is 0. The van der Waals surface area contributed by atoms with Crippen LogP contribution in [-0.4, -0.2) is 13.2 Å². The van der Waals surface area contributed by atoms with Gasteiger partial charge in [0.05, 0.1) is 27.7 Å². The van der Waals surface area contributed by atoms with E-state index in [9.17, 15) is 0 Å². The SMILES string of the molecule is N#Cc1ccccc1OCCCOc1c(Br)cccc1Br. The van der Waals surface area contributed by atoms with Crippen LogP contribution in [-0.2, 0) is 0 Å². The topological polar surface area (TPSA) is 42.2 Å². The molecule has 5 heteroatoms. The van der Waals surface area contributed by atoms with E-state index in [0.29, 0.717) is 24.5 Å². The van der Waals surface area contributed by atoms with Gasteiger partial charge in [0.1, 0.15) is 17.6 Å². The van der Waals surface area contributed by atoms with Crippen LogP contribution >= 0.6 is 31.9 Å². The Morgan fingerprint density at radius 1 is 0.905 bits per heavy atom. The van der Waals surface area contributed by atoms with Gasteiger partial charge in [0.2, 0.25) is 0 Å². The molecule has 0 aliphatic carbocycles. The maximum atomic E-state index is 8.97. The van der Waals surface area contributed by atoms with E-state index >= 15 is 0 Å². The average Bonchev–Trinajstić information content (AvgIpc) is 2.50. The minimum Gasteiger partial charge on any atom is -0.492 e. The summed E-state index contributed by atoms with van der Waals surface area (Å²) in [5.41, 5.74) is 0.548. The Kier molecular flexibility index (Phi) is 6.09. The molecule has 0 N–H and O–H groups in total. The Hall–Kier alpha value is -1.51. The molecule has 0 aliphatic rings. The number of nitriles is 1. The molecule has 2 rings (SSSR count). The second-order valence-electron chi connectivity index (χ2n) is 4.21. The average molecular weight is 411 g/mol. The maximum Gasteiger partial charge on any atom is 0.147 e. The lowest BCUT2D eigenvalue weighted by Crippen LogP contribution is -2.06.